The Morgan fingerprint density at radius 3 is 2.50 bits per heavy atom. The smallest absolute Gasteiger partial charge is 0.331 e. The van der Waals surface area contributed by atoms with Crippen LogP contribution >= 0.6 is 11.6 Å². The molecule has 4 nitrogen and oxygen atoms in total. The number of carbonyl (C=O) groups is 2. The second-order valence-corrected chi connectivity index (χ2v) is 5.68. The summed E-state index contributed by atoms with van der Waals surface area (Å²) in [6.45, 7) is 5.23. The summed E-state index contributed by atoms with van der Waals surface area (Å²) in [4.78, 5) is 25.4. The van der Waals surface area contributed by atoms with Gasteiger partial charge >= 0.3 is 5.97 Å². The SMILES string of the molecule is COC(=O)C(C)(C)N(C)C(=O)Cc1cc(C)ccc1Cl. The molecule has 1 rings (SSSR count). The van der Waals surface area contributed by atoms with Gasteiger partial charge in [-0.05, 0) is 32.4 Å². The molecule has 0 heterocycles. The zero-order chi connectivity index (χ0) is 15.5. The summed E-state index contributed by atoms with van der Waals surface area (Å²) in [5.41, 5.74) is 0.776. The second-order valence-electron chi connectivity index (χ2n) is 5.27. The summed E-state index contributed by atoms with van der Waals surface area (Å²) >= 11 is 6.09. The van der Waals surface area contributed by atoms with Crippen LogP contribution in [0, 0.1) is 6.92 Å². The number of likely N-dealkylation sites (N-methyl/N-ethyl adjacent to an activating group) is 1. The van der Waals surface area contributed by atoms with Crippen molar-refractivity contribution in [3.8, 4) is 0 Å². The monoisotopic (exact) mass is 297 g/mol. The van der Waals surface area contributed by atoms with Crippen LogP contribution in [0.2, 0.25) is 5.02 Å². The van der Waals surface area contributed by atoms with E-state index in [-0.39, 0.29) is 12.3 Å². The first-order chi connectivity index (χ1) is 9.20. The van der Waals surface area contributed by atoms with Gasteiger partial charge in [0.05, 0.1) is 13.5 Å². The molecule has 0 unspecified atom stereocenters. The predicted octanol–water partition coefficient (Wildman–Crippen LogP) is 2.60. The van der Waals surface area contributed by atoms with Gasteiger partial charge in [-0.1, -0.05) is 29.3 Å². The fourth-order valence-corrected chi connectivity index (χ4v) is 2.00. The van der Waals surface area contributed by atoms with Gasteiger partial charge in [0, 0.05) is 12.1 Å². The lowest BCUT2D eigenvalue weighted by molar-refractivity contribution is -0.157. The molecular formula is C15H20ClNO3. The maximum absolute atomic E-state index is 12.3. The maximum Gasteiger partial charge on any atom is 0.331 e. The van der Waals surface area contributed by atoms with Gasteiger partial charge in [-0.15, -0.1) is 0 Å². The molecular weight excluding hydrogens is 278 g/mol. The molecule has 0 aliphatic heterocycles. The molecule has 0 atom stereocenters. The number of methoxy groups -OCH3 is 1. The van der Waals surface area contributed by atoms with Gasteiger partial charge in [0.15, 0.2) is 0 Å². The first kappa shape index (κ1) is 16.5. The summed E-state index contributed by atoms with van der Waals surface area (Å²) in [7, 11) is 2.89. The molecule has 0 bridgehead atoms. The van der Waals surface area contributed by atoms with E-state index in [0.717, 1.165) is 11.1 Å². The van der Waals surface area contributed by atoms with Gasteiger partial charge < -0.3 is 9.64 Å². The van der Waals surface area contributed by atoms with Crippen molar-refractivity contribution in [3.05, 3.63) is 34.3 Å². The summed E-state index contributed by atoms with van der Waals surface area (Å²) in [6.07, 6.45) is 0.150. The fraction of sp³-hybridized carbons (Fsp3) is 0.467. The zero-order valence-corrected chi connectivity index (χ0v) is 13.2. The standard InChI is InChI=1S/C15H20ClNO3/c1-10-6-7-12(16)11(8-10)9-13(18)17(4)15(2,3)14(19)20-5/h6-8H,9H2,1-5H3. The number of rotatable bonds is 4. The molecule has 0 saturated heterocycles. The maximum atomic E-state index is 12.3. The Morgan fingerprint density at radius 1 is 1.35 bits per heavy atom. The number of hydrogen-bond donors (Lipinski definition) is 0. The van der Waals surface area contributed by atoms with Crippen molar-refractivity contribution < 1.29 is 14.3 Å². The summed E-state index contributed by atoms with van der Waals surface area (Å²) < 4.78 is 4.72. The third-order valence-corrected chi connectivity index (χ3v) is 3.81. The third kappa shape index (κ3) is 3.51. The molecule has 0 saturated carbocycles. The molecule has 20 heavy (non-hydrogen) atoms. The topological polar surface area (TPSA) is 46.6 Å². The highest BCUT2D eigenvalue weighted by atomic mass is 35.5. The number of benzene rings is 1. The van der Waals surface area contributed by atoms with Crippen LogP contribution in [0.5, 0.6) is 0 Å². The Morgan fingerprint density at radius 2 is 1.95 bits per heavy atom. The van der Waals surface area contributed by atoms with E-state index in [9.17, 15) is 9.59 Å². The van der Waals surface area contributed by atoms with Gasteiger partial charge in [0.1, 0.15) is 5.54 Å². The van der Waals surface area contributed by atoms with E-state index in [0.29, 0.717) is 5.02 Å². The number of esters is 1. The van der Waals surface area contributed by atoms with Crippen LogP contribution in [0.3, 0.4) is 0 Å². The van der Waals surface area contributed by atoms with Crippen LogP contribution in [-0.2, 0) is 20.7 Å². The first-order valence-electron chi connectivity index (χ1n) is 6.30. The van der Waals surface area contributed by atoms with Crippen LogP contribution in [0.4, 0.5) is 0 Å². The molecule has 0 aliphatic carbocycles. The average molecular weight is 298 g/mol. The lowest BCUT2D eigenvalue weighted by Crippen LogP contribution is -2.51. The Balaban J connectivity index is 2.91. The second kappa shape index (κ2) is 6.27. The summed E-state index contributed by atoms with van der Waals surface area (Å²) in [6, 6.07) is 5.53. The van der Waals surface area contributed by atoms with E-state index in [1.54, 1.807) is 27.0 Å². The highest BCUT2D eigenvalue weighted by molar-refractivity contribution is 6.31. The quantitative estimate of drug-likeness (QED) is 0.803. The van der Waals surface area contributed by atoms with Crippen LogP contribution in [0.25, 0.3) is 0 Å². The molecule has 1 aromatic carbocycles. The van der Waals surface area contributed by atoms with Crippen molar-refractivity contribution >= 4 is 23.5 Å². The molecule has 0 spiro atoms. The normalized spacial score (nSPS) is 11.1. The minimum Gasteiger partial charge on any atom is -0.467 e. The van der Waals surface area contributed by atoms with E-state index in [1.165, 1.54) is 12.0 Å². The predicted molar refractivity (Wildman–Crippen MR) is 78.8 cm³/mol. The minimum absolute atomic E-state index is 0.150. The van der Waals surface area contributed by atoms with Gasteiger partial charge in [-0.25, -0.2) is 4.79 Å². The number of ether oxygens (including phenoxy) is 1. The van der Waals surface area contributed by atoms with Crippen LogP contribution in [-0.4, -0.2) is 36.5 Å². The van der Waals surface area contributed by atoms with E-state index in [2.05, 4.69) is 0 Å². The Hall–Kier alpha value is -1.55. The molecule has 0 fully saturated rings. The Kier molecular flexibility index (Phi) is 5.17. The lowest BCUT2D eigenvalue weighted by atomic mass is 10.0. The number of nitrogens with zero attached hydrogens (tertiary/aromatic N) is 1. The van der Waals surface area contributed by atoms with Gasteiger partial charge in [-0.2, -0.15) is 0 Å². The van der Waals surface area contributed by atoms with Gasteiger partial charge in [0.25, 0.3) is 0 Å². The Bertz CT molecular complexity index is 526. The zero-order valence-electron chi connectivity index (χ0n) is 12.5. The van der Waals surface area contributed by atoms with E-state index >= 15 is 0 Å². The van der Waals surface area contributed by atoms with Gasteiger partial charge in [-0.3, -0.25) is 4.79 Å². The molecule has 1 aromatic rings. The highest BCUT2D eigenvalue weighted by Gasteiger charge is 2.36. The van der Waals surface area contributed by atoms with Crippen molar-refractivity contribution in [3.63, 3.8) is 0 Å². The molecule has 0 N–H and O–H groups in total. The minimum atomic E-state index is -1.01. The highest BCUT2D eigenvalue weighted by Crippen LogP contribution is 2.21. The average Bonchev–Trinajstić information content (AvgIpc) is 2.40. The van der Waals surface area contributed by atoms with Crippen molar-refractivity contribution in [2.24, 2.45) is 0 Å². The van der Waals surface area contributed by atoms with Crippen molar-refractivity contribution in [1.82, 2.24) is 4.90 Å². The number of aryl methyl sites for hydroxylation is 1. The number of halogens is 1. The molecule has 0 aliphatic rings. The van der Waals surface area contributed by atoms with Crippen LogP contribution < -0.4 is 0 Å². The molecule has 5 heteroatoms. The molecule has 0 aromatic heterocycles. The number of amides is 1. The molecule has 1 amide bonds. The van der Waals surface area contributed by atoms with Crippen molar-refractivity contribution in [1.29, 1.82) is 0 Å². The summed E-state index contributed by atoms with van der Waals surface area (Å²) in [5, 5.41) is 0.549. The fourth-order valence-electron chi connectivity index (χ4n) is 1.82. The number of hydrogen-bond acceptors (Lipinski definition) is 3. The first-order valence-corrected chi connectivity index (χ1v) is 6.68. The third-order valence-electron chi connectivity index (χ3n) is 3.44. The van der Waals surface area contributed by atoms with E-state index < -0.39 is 11.5 Å². The van der Waals surface area contributed by atoms with Crippen molar-refractivity contribution in [2.45, 2.75) is 32.7 Å². The van der Waals surface area contributed by atoms with Gasteiger partial charge in [0.2, 0.25) is 5.91 Å². The number of carbonyl (C=O) groups excluding carboxylic acids is 2. The van der Waals surface area contributed by atoms with Crippen LogP contribution in [0.1, 0.15) is 25.0 Å². The van der Waals surface area contributed by atoms with Crippen LogP contribution in [0.15, 0.2) is 18.2 Å². The van der Waals surface area contributed by atoms with Crippen molar-refractivity contribution in [2.75, 3.05) is 14.2 Å². The molecule has 0 radical (unpaired) electrons. The Labute approximate surface area is 124 Å². The molecule has 110 valence electrons. The van der Waals surface area contributed by atoms with E-state index in [1.807, 2.05) is 19.1 Å². The lowest BCUT2D eigenvalue weighted by Gasteiger charge is -2.33. The summed E-state index contributed by atoms with van der Waals surface area (Å²) in [5.74, 6) is -0.642. The van der Waals surface area contributed by atoms with E-state index in [4.69, 9.17) is 16.3 Å². The largest absolute Gasteiger partial charge is 0.467 e.